The van der Waals surface area contributed by atoms with Crippen LogP contribution in [-0.2, 0) is 0 Å². The van der Waals surface area contributed by atoms with Gasteiger partial charge in [-0.05, 0) is 19.3 Å². The summed E-state index contributed by atoms with van der Waals surface area (Å²) in [5.41, 5.74) is 11.5. The highest BCUT2D eigenvalue weighted by atomic mass is 32.1. The van der Waals surface area contributed by atoms with Gasteiger partial charge in [0.1, 0.15) is 15.9 Å². The van der Waals surface area contributed by atoms with Crippen LogP contribution in [0.3, 0.4) is 0 Å². The molecule has 0 fully saturated rings. The summed E-state index contributed by atoms with van der Waals surface area (Å²) in [6, 6.07) is 2.17. The van der Waals surface area contributed by atoms with Crippen molar-refractivity contribution in [2.24, 2.45) is 11.7 Å². The van der Waals surface area contributed by atoms with Crippen LogP contribution in [0.2, 0.25) is 0 Å². The standard InChI is InChI=1S/C13H20N4OS/c1-4-7(2)5-8(3)17-13-10(12(16)18)11(15)9(6-14)19-13/h7-8,17H,4-5,15H2,1-3H3,(H2,16,18). The maximum absolute atomic E-state index is 11.4. The largest absolute Gasteiger partial charge is 0.396 e. The first-order chi connectivity index (χ1) is 8.90. The van der Waals surface area contributed by atoms with E-state index in [9.17, 15) is 4.79 Å². The second-order valence-electron chi connectivity index (χ2n) is 4.82. The predicted molar refractivity (Wildman–Crippen MR) is 79.1 cm³/mol. The number of nitrogens with one attached hydrogen (secondary N) is 1. The van der Waals surface area contributed by atoms with Crippen LogP contribution in [0.25, 0.3) is 0 Å². The van der Waals surface area contributed by atoms with Crippen LogP contribution in [-0.4, -0.2) is 11.9 Å². The number of nitriles is 1. The summed E-state index contributed by atoms with van der Waals surface area (Å²) in [6.07, 6.45) is 2.08. The Kier molecular flexibility index (Phi) is 5.19. The van der Waals surface area contributed by atoms with Crippen molar-refractivity contribution in [1.82, 2.24) is 0 Å². The van der Waals surface area contributed by atoms with Gasteiger partial charge in [-0.2, -0.15) is 5.26 Å². The Morgan fingerprint density at radius 2 is 2.16 bits per heavy atom. The third kappa shape index (κ3) is 3.61. The van der Waals surface area contributed by atoms with E-state index in [0.717, 1.165) is 12.8 Å². The number of carbonyl (C=O) groups excluding carboxylic acids is 1. The molecule has 2 atom stereocenters. The Labute approximate surface area is 117 Å². The van der Waals surface area contributed by atoms with Gasteiger partial charge in [0, 0.05) is 6.04 Å². The van der Waals surface area contributed by atoms with Crippen molar-refractivity contribution in [1.29, 1.82) is 5.26 Å². The first-order valence-corrected chi connectivity index (χ1v) is 7.11. The lowest BCUT2D eigenvalue weighted by Gasteiger charge is -2.18. The summed E-state index contributed by atoms with van der Waals surface area (Å²) in [6.45, 7) is 6.36. The minimum absolute atomic E-state index is 0.179. The number of anilines is 2. The lowest BCUT2D eigenvalue weighted by Crippen LogP contribution is -2.21. The molecular weight excluding hydrogens is 260 g/mol. The Morgan fingerprint density at radius 1 is 1.53 bits per heavy atom. The van der Waals surface area contributed by atoms with E-state index < -0.39 is 5.91 Å². The molecule has 1 heterocycles. The molecule has 0 bridgehead atoms. The second-order valence-corrected chi connectivity index (χ2v) is 5.84. The second kappa shape index (κ2) is 6.43. The molecule has 1 aromatic rings. The van der Waals surface area contributed by atoms with Crippen molar-refractivity contribution in [2.45, 2.75) is 39.7 Å². The summed E-state index contributed by atoms with van der Waals surface area (Å²) in [5, 5.41) is 12.8. The van der Waals surface area contributed by atoms with Crippen LogP contribution < -0.4 is 16.8 Å². The molecule has 0 spiro atoms. The molecule has 6 heteroatoms. The van der Waals surface area contributed by atoms with E-state index in [-0.39, 0.29) is 17.3 Å². The summed E-state index contributed by atoms with van der Waals surface area (Å²) in [7, 11) is 0. The van der Waals surface area contributed by atoms with Gasteiger partial charge in [0.05, 0.1) is 11.3 Å². The third-order valence-electron chi connectivity index (χ3n) is 3.12. The maximum Gasteiger partial charge on any atom is 0.253 e. The van der Waals surface area contributed by atoms with Gasteiger partial charge in [-0.1, -0.05) is 20.3 Å². The number of hydrogen-bond donors (Lipinski definition) is 3. The number of rotatable bonds is 6. The molecule has 0 aliphatic carbocycles. The first-order valence-electron chi connectivity index (χ1n) is 6.29. The van der Waals surface area contributed by atoms with Crippen molar-refractivity contribution >= 4 is 27.9 Å². The van der Waals surface area contributed by atoms with E-state index in [4.69, 9.17) is 16.7 Å². The number of nitrogens with zero attached hydrogens (tertiary/aromatic N) is 1. The van der Waals surface area contributed by atoms with Crippen LogP contribution in [0, 0.1) is 17.2 Å². The molecule has 0 aliphatic heterocycles. The molecule has 0 saturated carbocycles. The molecule has 2 unspecified atom stereocenters. The van der Waals surface area contributed by atoms with Gasteiger partial charge in [0.25, 0.3) is 5.91 Å². The van der Waals surface area contributed by atoms with Crippen LogP contribution in [0.15, 0.2) is 0 Å². The van der Waals surface area contributed by atoms with Crippen molar-refractivity contribution in [3.8, 4) is 6.07 Å². The van der Waals surface area contributed by atoms with Crippen LogP contribution in [0.1, 0.15) is 48.8 Å². The zero-order valence-electron chi connectivity index (χ0n) is 11.5. The van der Waals surface area contributed by atoms with Gasteiger partial charge in [-0.15, -0.1) is 11.3 Å². The minimum atomic E-state index is -0.603. The van der Waals surface area contributed by atoms with Crippen LogP contribution >= 0.6 is 11.3 Å². The monoisotopic (exact) mass is 280 g/mol. The fourth-order valence-electron chi connectivity index (χ4n) is 1.93. The van der Waals surface area contributed by atoms with Crippen molar-refractivity contribution < 1.29 is 4.79 Å². The van der Waals surface area contributed by atoms with Crippen molar-refractivity contribution in [2.75, 3.05) is 11.1 Å². The van der Waals surface area contributed by atoms with E-state index in [2.05, 4.69) is 19.2 Å². The smallest absolute Gasteiger partial charge is 0.253 e. The highest BCUT2D eigenvalue weighted by molar-refractivity contribution is 7.17. The van der Waals surface area contributed by atoms with Crippen LogP contribution in [0.4, 0.5) is 10.7 Å². The van der Waals surface area contributed by atoms with Gasteiger partial charge in [0.2, 0.25) is 0 Å². The number of primary amides is 1. The quantitative estimate of drug-likeness (QED) is 0.744. The SMILES string of the molecule is CCC(C)CC(C)Nc1sc(C#N)c(N)c1C(N)=O. The number of nitrogens with two attached hydrogens (primary N) is 2. The topological polar surface area (TPSA) is 105 Å². The maximum atomic E-state index is 11.4. The van der Waals surface area contributed by atoms with Crippen molar-refractivity contribution in [3.63, 3.8) is 0 Å². The number of hydrogen-bond acceptors (Lipinski definition) is 5. The molecule has 1 aromatic heterocycles. The number of carbonyl (C=O) groups is 1. The lowest BCUT2D eigenvalue weighted by atomic mass is 10.0. The van der Waals surface area contributed by atoms with Gasteiger partial charge in [-0.3, -0.25) is 4.79 Å². The summed E-state index contributed by atoms with van der Waals surface area (Å²) in [5.74, 6) is -0.0132. The number of amides is 1. The van der Waals surface area contributed by atoms with E-state index >= 15 is 0 Å². The predicted octanol–water partition coefficient (Wildman–Crippen LogP) is 2.54. The first kappa shape index (κ1) is 15.3. The Hall–Kier alpha value is -1.74. The van der Waals surface area contributed by atoms with Gasteiger partial charge < -0.3 is 16.8 Å². The molecule has 0 aliphatic rings. The van der Waals surface area contributed by atoms with E-state index in [0.29, 0.717) is 15.8 Å². The normalized spacial score (nSPS) is 13.6. The Morgan fingerprint density at radius 3 is 2.63 bits per heavy atom. The fraction of sp³-hybridized carbons (Fsp3) is 0.538. The molecule has 5 nitrogen and oxygen atoms in total. The highest BCUT2D eigenvalue weighted by Crippen LogP contribution is 2.35. The van der Waals surface area contributed by atoms with Gasteiger partial charge >= 0.3 is 0 Å². The summed E-state index contributed by atoms with van der Waals surface area (Å²) < 4.78 is 0. The molecule has 0 saturated heterocycles. The third-order valence-corrected chi connectivity index (χ3v) is 4.16. The molecule has 19 heavy (non-hydrogen) atoms. The number of nitrogen functional groups attached to an aromatic ring is 1. The lowest BCUT2D eigenvalue weighted by molar-refractivity contribution is 0.100. The molecular formula is C13H20N4OS. The minimum Gasteiger partial charge on any atom is -0.396 e. The highest BCUT2D eigenvalue weighted by Gasteiger charge is 2.21. The van der Waals surface area contributed by atoms with Gasteiger partial charge in [-0.25, -0.2) is 0 Å². The van der Waals surface area contributed by atoms with Crippen LogP contribution in [0.5, 0.6) is 0 Å². The average molecular weight is 280 g/mol. The Bertz CT molecular complexity index is 503. The summed E-state index contributed by atoms with van der Waals surface area (Å²) in [4.78, 5) is 11.8. The summed E-state index contributed by atoms with van der Waals surface area (Å²) >= 11 is 1.18. The van der Waals surface area contributed by atoms with E-state index in [1.165, 1.54) is 11.3 Å². The Balaban J connectivity index is 2.95. The average Bonchev–Trinajstić information content (AvgIpc) is 2.64. The van der Waals surface area contributed by atoms with Crippen molar-refractivity contribution in [3.05, 3.63) is 10.4 Å². The molecule has 5 N–H and O–H groups in total. The fourth-order valence-corrected chi connectivity index (χ4v) is 2.96. The molecule has 1 rings (SSSR count). The molecule has 104 valence electrons. The molecule has 0 radical (unpaired) electrons. The van der Waals surface area contributed by atoms with E-state index in [1.807, 2.05) is 13.0 Å². The van der Waals surface area contributed by atoms with Gasteiger partial charge in [0.15, 0.2) is 0 Å². The zero-order chi connectivity index (χ0) is 14.6. The zero-order valence-corrected chi connectivity index (χ0v) is 12.3. The van der Waals surface area contributed by atoms with E-state index in [1.54, 1.807) is 0 Å². The molecule has 0 aromatic carbocycles. The molecule has 1 amide bonds. The number of thiophene rings is 1.